The number of esters is 2. The van der Waals surface area contributed by atoms with Crippen molar-refractivity contribution in [1.29, 1.82) is 0 Å². The highest BCUT2D eigenvalue weighted by molar-refractivity contribution is 6.30. The van der Waals surface area contributed by atoms with Crippen LogP contribution in [0.3, 0.4) is 0 Å². The van der Waals surface area contributed by atoms with Gasteiger partial charge in [-0.05, 0) is 73.1 Å². The molecule has 0 saturated heterocycles. The third kappa shape index (κ3) is 5.80. The van der Waals surface area contributed by atoms with Crippen molar-refractivity contribution in [1.82, 2.24) is 4.98 Å². The minimum absolute atomic E-state index is 0.244. The van der Waals surface area contributed by atoms with E-state index in [2.05, 4.69) is 4.98 Å². The van der Waals surface area contributed by atoms with Crippen molar-refractivity contribution in [2.75, 3.05) is 0 Å². The van der Waals surface area contributed by atoms with E-state index in [1.165, 1.54) is 0 Å². The highest BCUT2D eigenvalue weighted by Gasteiger charge is 2.31. The average molecular weight is 418 g/mol. The Morgan fingerprint density at radius 1 is 0.793 bits per heavy atom. The third-order valence-electron chi connectivity index (χ3n) is 3.90. The monoisotopic (exact) mass is 417 g/mol. The van der Waals surface area contributed by atoms with Crippen molar-refractivity contribution >= 4 is 23.5 Å². The van der Waals surface area contributed by atoms with E-state index >= 15 is 0 Å². The second-order valence-corrected chi connectivity index (χ2v) is 9.35. The van der Waals surface area contributed by atoms with Gasteiger partial charge >= 0.3 is 11.9 Å². The Balaban J connectivity index is 2.82. The highest BCUT2D eigenvalue weighted by atomic mass is 35.5. The summed E-state index contributed by atoms with van der Waals surface area (Å²) >= 11 is 6.04. The molecule has 0 amide bonds. The maximum Gasteiger partial charge on any atom is 0.341 e. The SMILES string of the molecule is Cc1nc(C)c(C(=O)OC(C)(C)C)c(-c2ccc(Cl)cc2)c1C(=O)OC(C)(C)C. The largest absolute Gasteiger partial charge is 0.456 e. The fraction of sp³-hybridized carbons (Fsp3) is 0.435. The number of ether oxygens (including phenoxy) is 2. The Morgan fingerprint density at radius 3 is 1.52 bits per heavy atom. The first-order chi connectivity index (χ1) is 13.2. The predicted octanol–water partition coefficient (Wildman–Crippen LogP) is 5.93. The Hall–Kier alpha value is -2.40. The van der Waals surface area contributed by atoms with Gasteiger partial charge in [-0.3, -0.25) is 4.98 Å². The minimum Gasteiger partial charge on any atom is -0.456 e. The number of nitrogens with zero attached hydrogens (tertiary/aromatic N) is 1. The smallest absolute Gasteiger partial charge is 0.341 e. The van der Waals surface area contributed by atoms with E-state index in [4.69, 9.17) is 21.1 Å². The lowest BCUT2D eigenvalue weighted by Gasteiger charge is -2.25. The van der Waals surface area contributed by atoms with Gasteiger partial charge in [0.05, 0.1) is 22.5 Å². The van der Waals surface area contributed by atoms with Crippen LogP contribution >= 0.6 is 11.6 Å². The Bertz CT molecular complexity index is 883. The van der Waals surface area contributed by atoms with Gasteiger partial charge in [0.2, 0.25) is 0 Å². The maximum absolute atomic E-state index is 13.1. The molecule has 6 heteroatoms. The summed E-state index contributed by atoms with van der Waals surface area (Å²) in [7, 11) is 0. The van der Waals surface area contributed by atoms with Crippen molar-refractivity contribution in [2.24, 2.45) is 0 Å². The number of pyridine rings is 1. The van der Waals surface area contributed by atoms with Gasteiger partial charge in [0.15, 0.2) is 0 Å². The fourth-order valence-electron chi connectivity index (χ4n) is 2.91. The molecular formula is C23H28ClNO4. The molecule has 0 saturated carbocycles. The Labute approximate surface area is 177 Å². The summed E-state index contributed by atoms with van der Waals surface area (Å²) in [5.74, 6) is -1.09. The van der Waals surface area contributed by atoms with E-state index in [1.54, 1.807) is 79.7 Å². The molecule has 0 atom stereocenters. The molecule has 0 N–H and O–H groups in total. The minimum atomic E-state index is -0.697. The van der Waals surface area contributed by atoms with Crippen LogP contribution in [0.2, 0.25) is 5.02 Å². The van der Waals surface area contributed by atoms with Crippen LogP contribution in [-0.4, -0.2) is 28.1 Å². The second-order valence-electron chi connectivity index (χ2n) is 8.92. The quantitative estimate of drug-likeness (QED) is 0.579. The molecule has 5 nitrogen and oxygen atoms in total. The fourth-order valence-corrected chi connectivity index (χ4v) is 3.04. The van der Waals surface area contributed by atoms with Crippen LogP contribution in [-0.2, 0) is 9.47 Å². The van der Waals surface area contributed by atoms with E-state index in [9.17, 15) is 9.59 Å². The van der Waals surface area contributed by atoms with Gasteiger partial charge < -0.3 is 9.47 Å². The van der Waals surface area contributed by atoms with Crippen LogP contribution in [0.15, 0.2) is 24.3 Å². The van der Waals surface area contributed by atoms with Crippen LogP contribution in [0.1, 0.15) is 73.6 Å². The lowest BCUT2D eigenvalue weighted by atomic mass is 9.92. The lowest BCUT2D eigenvalue weighted by molar-refractivity contribution is 0.00669. The van der Waals surface area contributed by atoms with Crippen molar-refractivity contribution < 1.29 is 19.1 Å². The van der Waals surface area contributed by atoms with E-state index in [-0.39, 0.29) is 11.1 Å². The second kappa shape index (κ2) is 8.15. The standard InChI is InChI=1S/C23H28ClNO4/c1-13-17(20(26)28-22(3,4)5)19(15-9-11-16(24)12-10-15)18(14(2)25-13)21(27)29-23(6,7)8/h9-12H,1-8H3. The van der Waals surface area contributed by atoms with Crippen molar-refractivity contribution in [2.45, 2.75) is 66.6 Å². The zero-order chi connectivity index (χ0) is 22.1. The van der Waals surface area contributed by atoms with E-state index in [0.29, 0.717) is 27.5 Å². The molecule has 0 unspecified atom stereocenters. The van der Waals surface area contributed by atoms with Crippen LogP contribution in [0.4, 0.5) is 0 Å². The number of carbonyl (C=O) groups excluding carboxylic acids is 2. The summed E-state index contributed by atoms with van der Waals surface area (Å²) in [6, 6.07) is 6.94. The molecular weight excluding hydrogens is 390 g/mol. The van der Waals surface area contributed by atoms with Gasteiger partial charge in [-0.15, -0.1) is 0 Å². The van der Waals surface area contributed by atoms with Gasteiger partial charge in [0.25, 0.3) is 0 Å². The number of aromatic nitrogens is 1. The molecule has 0 fully saturated rings. The third-order valence-corrected chi connectivity index (χ3v) is 4.15. The molecule has 0 spiro atoms. The molecule has 1 aromatic heterocycles. The first kappa shape index (κ1) is 22.9. The van der Waals surface area contributed by atoms with Gasteiger partial charge in [0.1, 0.15) is 11.2 Å². The summed E-state index contributed by atoms with van der Waals surface area (Å²) in [4.78, 5) is 30.6. The van der Waals surface area contributed by atoms with Crippen LogP contribution in [0.5, 0.6) is 0 Å². The Morgan fingerprint density at radius 2 is 1.17 bits per heavy atom. The van der Waals surface area contributed by atoms with Crippen molar-refractivity contribution in [3.8, 4) is 11.1 Å². The van der Waals surface area contributed by atoms with Crippen molar-refractivity contribution in [3.05, 3.63) is 51.8 Å². The van der Waals surface area contributed by atoms with Gasteiger partial charge in [-0.2, -0.15) is 0 Å². The zero-order valence-corrected chi connectivity index (χ0v) is 19.0. The van der Waals surface area contributed by atoms with Crippen LogP contribution < -0.4 is 0 Å². The summed E-state index contributed by atoms with van der Waals surface area (Å²) in [6.07, 6.45) is 0. The number of hydrogen-bond donors (Lipinski definition) is 0. The molecule has 156 valence electrons. The molecule has 0 bridgehead atoms. The zero-order valence-electron chi connectivity index (χ0n) is 18.3. The van der Waals surface area contributed by atoms with Gasteiger partial charge in [0, 0.05) is 10.6 Å². The molecule has 1 heterocycles. The number of halogens is 1. The summed E-state index contributed by atoms with van der Waals surface area (Å²) in [5.41, 5.74) is 1.15. The molecule has 0 aliphatic carbocycles. The lowest BCUT2D eigenvalue weighted by Crippen LogP contribution is -2.28. The number of hydrogen-bond acceptors (Lipinski definition) is 5. The summed E-state index contributed by atoms with van der Waals surface area (Å²) in [6.45, 7) is 14.2. The van der Waals surface area contributed by atoms with Gasteiger partial charge in [-0.1, -0.05) is 23.7 Å². The van der Waals surface area contributed by atoms with E-state index < -0.39 is 23.1 Å². The highest BCUT2D eigenvalue weighted by Crippen LogP contribution is 2.34. The Kier molecular flexibility index (Phi) is 6.43. The molecule has 0 aliphatic heterocycles. The molecule has 29 heavy (non-hydrogen) atoms. The number of rotatable bonds is 3. The van der Waals surface area contributed by atoms with Crippen LogP contribution in [0.25, 0.3) is 11.1 Å². The molecule has 1 aromatic carbocycles. The maximum atomic E-state index is 13.1. The van der Waals surface area contributed by atoms with Crippen molar-refractivity contribution in [3.63, 3.8) is 0 Å². The molecule has 0 aliphatic rings. The van der Waals surface area contributed by atoms with E-state index in [1.807, 2.05) is 0 Å². The average Bonchev–Trinajstić information content (AvgIpc) is 2.51. The molecule has 2 aromatic rings. The number of aryl methyl sites for hydroxylation is 2. The number of benzene rings is 1. The normalized spacial score (nSPS) is 11.9. The molecule has 0 radical (unpaired) electrons. The first-order valence-electron chi connectivity index (χ1n) is 9.43. The number of carbonyl (C=O) groups is 2. The topological polar surface area (TPSA) is 65.5 Å². The first-order valence-corrected chi connectivity index (χ1v) is 9.81. The molecule has 2 rings (SSSR count). The van der Waals surface area contributed by atoms with Crippen LogP contribution in [0, 0.1) is 13.8 Å². The summed E-state index contributed by atoms with van der Waals surface area (Å²) in [5, 5.41) is 0.550. The summed E-state index contributed by atoms with van der Waals surface area (Å²) < 4.78 is 11.2. The van der Waals surface area contributed by atoms with Gasteiger partial charge in [-0.25, -0.2) is 9.59 Å². The predicted molar refractivity (Wildman–Crippen MR) is 114 cm³/mol. The van der Waals surface area contributed by atoms with E-state index in [0.717, 1.165) is 0 Å².